The van der Waals surface area contributed by atoms with Gasteiger partial charge in [0.25, 0.3) is 5.56 Å². The lowest BCUT2D eigenvalue weighted by Crippen LogP contribution is -2.35. The van der Waals surface area contributed by atoms with Gasteiger partial charge in [-0.1, -0.05) is 12.1 Å². The van der Waals surface area contributed by atoms with E-state index >= 15 is 0 Å². The van der Waals surface area contributed by atoms with Crippen molar-refractivity contribution in [1.29, 1.82) is 0 Å². The molecule has 0 saturated heterocycles. The first kappa shape index (κ1) is 18.8. The quantitative estimate of drug-likeness (QED) is 0.702. The lowest BCUT2D eigenvalue weighted by molar-refractivity contribution is -0.122. The molecule has 30 heavy (non-hydrogen) atoms. The molecule has 2 aromatic heterocycles. The number of carbonyl (C=O) groups is 1. The van der Waals surface area contributed by atoms with E-state index in [2.05, 4.69) is 21.6 Å². The van der Waals surface area contributed by atoms with Crippen molar-refractivity contribution in [3.8, 4) is 5.75 Å². The van der Waals surface area contributed by atoms with Gasteiger partial charge in [-0.3, -0.25) is 14.3 Å². The molecule has 8 nitrogen and oxygen atoms in total. The van der Waals surface area contributed by atoms with Gasteiger partial charge in [-0.25, -0.2) is 4.68 Å². The first-order valence-corrected chi connectivity index (χ1v) is 10.5. The van der Waals surface area contributed by atoms with Gasteiger partial charge in [0.15, 0.2) is 0 Å². The molecule has 3 heterocycles. The molecule has 1 amide bonds. The van der Waals surface area contributed by atoms with Crippen molar-refractivity contribution in [2.75, 3.05) is 6.61 Å². The van der Waals surface area contributed by atoms with E-state index in [1.807, 2.05) is 30.7 Å². The van der Waals surface area contributed by atoms with Crippen LogP contribution in [0.25, 0.3) is 10.9 Å². The van der Waals surface area contributed by atoms with E-state index in [-0.39, 0.29) is 24.1 Å². The molecule has 156 valence electrons. The summed E-state index contributed by atoms with van der Waals surface area (Å²) in [5, 5.41) is 12.3. The molecule has 1 unspecified atom stereocenters. The smallest absolute Gasteiger partial charge is 0.278 e. The first-order chi connectivity index (χ1) is 14.5. The lowest BCUT2D eigenvalue weighted by atomic mass is 10.00. The first-order valence-electron chi connectivity index (χ1n) is 10.5. The number of hydrogen-bond acceptors (Lipinski definition) is 5. The molecule has 0 radical (unpaired) electrons. The Labute approximate surface area is 173 Å². The number of fused-ring (bicyclic) bond motifs is 2. The van der Waals surface area contributed by atoms with Crippen molar-refractivity contribution in [1.82, 2.24) is 24.9 Å². The SMILES string of the molecule is Cc1nn(C2CC2)c2cnn(CC(=O)NC(C)c3ccc4c(c3)CCCO4)c(=O)c12. The molecule has 1 N–H and O–H groups in total. The van der Waals surface area contributed by atoms with Gasteiger partial charge in [0.05, 0.1) is 41.5 Å². The van der Waals surface area contributed by atoms with Crippen LogP contribution in [0, 0.1) is 6.92 Å². The zero-order valence-corrected chi connectivity index (χ0v) is 17.2. The summed E-state index contributed by atoms with van der Waals surface area (Å²) < 4.78 is 8.77. The zero-order chi connectivity index (χ0) is 20.8. The van der Waals surface area contributed by atoms with Crippen molar-refractivity contribution < 1.29 is 9.53 Å². The van der Waals surface area contributed by atoms with E-state index in [4.69, 9.17) is 4.74 Å². The molecule has 1 aliphatic carbocycles. The summed E-state index contributed by atoms with van der Waals surface area (Å²) in [5.74, 6) is 0.673. The average molecular weight is 407 g/mol. The molecule has 8 heteroatoms. The van der Waals surface area contributed by atoms with Crippen molar-refractivity contribution in [2.24, 2.45) is 0 Å². The zero-order valence-electron chi connectivity index (χ0n) is 17.2. The number of hydrogen-bond donors (Lipinski definition) is 1. The predicted octanol–water partition coefficient (Wildman–Crippen LogP) is 2.44. The Morgan fingerprint density at radius 2 is 2.20 bits per heavy atom. The number of rotatable bonds is 5. The Kier molecular flexibility index (Phi) is 4.56. The maximum atomic E-state index is 12.9. The van der Waals surface area contributed by atoms with Crippen LogP contribution >= 0.6 is 0 Å². The standard InChI is InChI=1S/C22H25N5O3/c1-13(15-5-8-19-16(10-15)4-3-9-30-19)24-20(28)12-26-22(29)21-14(2)25-27(17-6-7-17)18(21)11-23-26/h5,8,10-11,13,17H,3-4,6-7,9,12H2,1-2H3,(H,24,28). The molecule has 1 saturated carbocycles. The topological polar surface area (TPSA) is 91.0 Å². The third kappa shape index (κ3) is 3.36. The van der Waals surface area contributed by atoms with E-state index in [0.717, 1.165) is 49.1 Å². The van der Waals surface area contributed by atoms with Gasteiger partial charge in [0.2, 0.25) is 5.91 Å². The summed E-state index contributed by atoms with van der Waals surface area (Å²) in [5.41, 5.74) is 3.35. The fourth-order valence-corrected chi connectivity index (χ4v) is 4.13. The largest absolute Gasteiger partial charge is 0.493 e. The molecule has 2 aliphatic rings. The van der Waals surface area contributed by atoms with Gasteiger partial charge < -0.3 is 10.1 Å². The number of carbonyl (C=O) groups excluding carboxylic acids is 1. The average Bonchev–Trinajstić information content (AvgIpc) is 3.53. The Hall–Kier alpha value is -3.16. The molecule has 3 aromatic rings. The summed E-state index contributed by atoms with van der Waals surface area (Å²) in [4.78, 5) is 25.5. The third-order valence-corrected chi connectivity index (χ3v) is 5.89. The summed E-state index contributed by atoms with van der Waals surface area (Å²) in [7, 11) is 0. The Morgan fingerprint density at radius 1 is 1.37 bits per heavy atom. The molecule has 0 spiro atoms. The second-order valence-electron chi connectivity index (χ2n) is 8.24. The van der Waals surface area contributed by atoms with Gasteiger partial charge in [-0.15, -0.1) is 0 Å². The normalized spacial score (nSPS) is 16.7. The van der Waals surface area contributed by atoms with Crippen LogP contribution in [0.5, 0.6) is 5.75 Å². The molecular weight excluding hydrogens is 382 g/mol. The van der Waals surface area contributed by atoms with Crippen molar-refractivity contribution in [3.63, 3.8) is 0 Å². The van der Waals surface area contributed by atoms with E-state index < -0.39 is 0 Å². The summed E-state index contributed by atoms with van der Waals surface area (Å²) in [6.45, 7) is 4.40. The number of benzene rings is 1. The molecular formula is C22H25N5O3. The van der Waals surface area contributed by atoms with Gasteiger partial charge >= 0.3 is 0 Å². The van der Waals surface area contributed by atoms with Crippen molar-refractivity contribution in [2.45, 2.75) is 58.2 Å². The number of amides is 1. The van der Waals surface area contributed by atoms with E-state index in [1.54, 1.807) is 6.20 Å². The minimum atomic E-state index is -0.273. The van der Waals surface area contributed by atoms with Crippen LogP contribution in [-0.4, -0.2) is 32.1 Å². The number of aromatic nitrogens is 4. The van der Waals surface area contributed by atoms with Crippen LogP contribution in [0.1, 0.15) is 55.1 Å². The Balaban J connectivity index is 1.33. The third-order valence-electron chi connectivity index (χ3n) is 5.89. The van der Waals surface area contributed by atoms with Gasteiger partial charge in [0, 0.05) is 0 Å². The van der Waals surface area contributed by atoms with E-state index in [0.29, 0.717) is 17.1 Å². The van der Waals surface area contributed by atoms with Crippen molar-refractivity contribution in [3.05, 3.63) is 51.6 Å². The van der Waals surface area contributed by atoms with Gasteiger partial charge in [0.1, 0.15) is 12.3 Å². The van der Waals surface area contributed by atoms with E-state index in [1.165, 1.54) is 10.2 Å². The predicted molar refractivity (Wildman–Crippen MR) is 112 cm³/mol. The molecule has 0 bridgehead atoms. The molecule has 1 atom stereocenters. The van der Waals surface area contributed by atoms with Gasteiger partial charge in [-0.2, -0.15) is 10.2 Å². The highest BCUT2D eigenvalue weighted by atomic mass is 16.5. The molecule has 5 rings (SSSR count). The minimum Gasteiger partial charge on any atom is -0.493 e. The van der Waals surface area contributed by atoms with Crippen LogP contribution in [0.3, 0.4) is 0 Å². The van der Waals surface area contributed by atoms with E-state index in [9.17, 15) is 9.59 Å². The van der Waals surface area contributed by atoms with Crippen LogP contribution < -0.4 is 15.6 Å². The number of aryl methyl sites for hydroxylation is 2. The summed E-state index contributed by atoms with van der Waals surface area (Å²) in [6.07, 6.45) is 5.79. The second-order valence-corrected chi connectivity index (χ2v) is 8.24. The lowest BCUT2D eigenvalue weighted by Gasteiger charge is -2.20. The highest BCUT2D eigenvalue weighted by molar-refractivity contribution is 5.81. The monoisotopic (exact) mass is 407 g/mol. The fourth-order valence-electron chi connectivity index (χ4n) is 4.13. The second kappa shape index (κ2) is 7.27. The summed E-state index contributed by atoms with van der Waals surface area (Å²) >= 11 is 0. The fraction of sp³-hybridized carbons (Fsp3) is 0.455. The minimum absolute atomic E-state index is 0.124. The molecule has 1 aromatic carbocycles. The van der Waals surface area contributed by atoms with Crippen LogP contribution in [0.15, 0.2) is 29.2 Å². The number of nitrogens with zero attached hydrogens (tertiary/aromatic N) is 4. The number of nitrogens with one attached hydrogen (secondary N) is 1. The molecule has 1 fully saturated rings. The number of ether oxygens (including phenoxy) is 1. The maximum Gasteiger partial charge on any atom is 0.278 e. The van der Waals surface area contributed by atoms with Crippen LogP contribution in [0.2, 0.25) is 0 Å². The van der Waals surface area contributed by atoms with Gasteiger partial charge in [-0.05, 0) is 56.7 Å². The van der Waals surface area contributed by atoms with Crippen LogP contribution in [0.4, 0.5) is 0 Å². The Bertz CT molecular complexity index is 1190. The van der Waals surface area contributed by atoms with Crippen molar-refractivity contribution >= 4 is 16.8 Å². The summed E-state index contributed by atoms with van der Waals surface area (Å²) in [6, 6.07) is 6.22. The highest BCUT2D eigenvalue weighted by Crippen LogP contribution is 2.36. The maximum absolute atomic E-state index is 12.9. The van der Waals surface area contributed by atoms with Crippen LogP contribution in [-0.2, 0) is 17.8 Å². The molecule has 1 aliphatic heterocycles. The highest BCUT2D eigenvalue weighted by Gasteiger charge is 2.28. The Morgan fingerprint density at radius 3 is 3.00 bits per heavy atom.